The zero-order valence-corrected chi connectivity index (χ0v) is 19.8. The van der Waals surface area contributed by atoms with Gasteiger partial charge in [0.15, 0.2) is 6.61 Å². The van der Waals surface area contributed by atoms with Crippen molar-refractivity contribution in [3.8, 4) is 17.0 Å². The summed E-state index contributed by atoms with van der Waals surface area (Å²) in [6.07, 6.45) is 0.806. The number of hydrogen-bond donors (Lipinski definition) is 1. The van der Waals surface area contributed by atoms with Gasteiger partial charge in [0, 0.05) is 16.1 Å². The third kappa shape index (κ3) is 4.00. The lowest BCUT2D eigenvalue weighted by Gasteiger charge is -2.33. The Morgan fingerprint density at radius 3 is 2.72 bits per heavy atom. The fourth-order valence-corrected chi connectivity index (χ4v) is 4.93. The predicted octanol–water partition coefficient (Wildman–Crippen LogP) is 5.05. The highest BCUT2D eigenvalue weighted by Gasteiger charge is 2.34. The zero-order valence-electron chi connectivity index (χ0n) is 19.0. The summed E-state index contributed by atoms with van der Waals surface area (Å²) < 4.78 is 5.66. The first kappa shape index (κ1) is 22.0. The molecule has 1 aromatic heterocycles. The van der Waals surface area contributed by atoms with Crippen LogP contribution in [0.25, 0.3) is 11.3 Å². The van der Waals surface area contributed by atoms with Crippen LogP contribution in [0, 0.1) is 20.8 Å². The third-order valence-electron chi connectivity index (χ3n) is 5.77. The number of aromatic nitrogens is 1. The largest absolute Gasteiger partial charge is 0.482 e. The number of rotatable bonds is 5. The van der Waals surface area contributed by atoms with Crippen LogP contribution in [-0.2, 0) is 16.0 Å². The van der Waals surface area contributed by atoms with E-state index >= 15 is 0 Å². The Balaban J connectivity index is 1.68. The topological polar surface area (TPSA) is 71.5 Å². The van der Waals surface area contributed by atoms with Gasteiger partial charge in [-0.25, -0.2) is 4.98 Å². The van der Waals surface area contributed by atoms with E-state index in [1.165, 1.54) is 4.90 Å². The minimum absolute atomic E-state index is 0.0939. The molecule has 1 aliphatic heterocycles. The Kier molecular flexibility index (Phi) is 6.02. The standard InChI is InChI=1S/C25H27N3O3S/c1-6-18-9-7-8-14(2)23(18)27-25(30)15(3)28-20-12-19(24-16(4)32-17(5)26-24)10-11-21(20)31-13-22(28)29/h7-12,15H,6,13H2,1-5H3,(H,27,30). The van der Waals surface area contributed by atoms with Crippen molar-refractivity contribution < 1.29 is 14.3 Å². The summed E-state index contributed by atoms with van der Waals surface area (Å²) in [6.45, 7) is 9.68. The normalized spacial score (nSPS) is 14.0. The van der Waals surface area contributed by atoms with E-state index in [1.54, 1.807) is 18.3 Å². The van der Waals surface area contributed by atoms with Crippen LogP contribution in [0.3, 0.4) is 0 Å². The number of nitrogens with zero attached hydrogens (tertiary/aromatic N) is 2. The summed E-state index contributed by atoms with van der Waals surface area (Å²) >= 11 is 1.63. The molecule has 2 amide bonds. The molecule has 1 N–H and O–H groups in total. The number of ether oxygens (including phenoxy) is 1. The third-order valence-corrected chi connectivity index (χ3v) is 6.66. The van der Waals surface area contributed by atoms with Gasteiger partial charge in [-0.05, 0) is 63.4 Å². The van der Waals surface area contributed by atoms with E-state index in [-0.39, 0.29) is 18.4 Å². The molecule has 7 heteroatoms. The van der Waals surface area contributed by atoms with Crippen LogP contribution >= 0.6 is 11.3 Å². The highest BCUT2D eigenvalue weighted by Crippen LogP contribution is 2.38. The summed E-state index contributed by atoms with van der Waals surface area (Å²) in [6, 6.07) is 10.9. The van der Waals surface area contributed by atoms with E-state index < -0.39 is 6.04 Å². The lowest BCUT2D eigenvalue weighted by Crippen LogP contribution is -2.49. The summed E-state index contributed by atoms with van der Waals surface area (Å²) in [7, 11) is 0. The van der Waals surface area contributed by atoms with Crippen LogP contribution in [0.2, 0.25) is 0 Å². The lowest BCUT2D eigenvalue weighted by atomic mass is 10.0. The number of thiazole rings is 1. The monoisotopic (exact) mass is 449 g/mol. The highest BCUT2D eigenvalue weighted by atomic mass is 32.1. The molecular formula is C25H27N3O3S. The van der Waals surface area contributed by atoms with Gasteiger partial charge in [0.1, 0.15) is 11.8 Å². The molecule has 4 rings (SSSR count). The van der Waals surface area contributed by atoms with E-state index in [4.69, 9.17) is 4.74 Å². The van der Waals surface area contributed by atoms with Crippen molar-refractivity contribution in [3.63, 3.8) is 0 Å². The molecule has 3 aromatic rings. The Hall–Kier alpha value is -3.19. The summed E-state index contributed by atoms with van der Waals surface area (Å²) in [5.74, 6) is 0.105. The van der Waals surface area contributed by atoms with Gasteiger partial charge in [0.05, 0.1) is 16.4 Å². The van der Waals surface area contributed by atoms with Crippen molar-refractivity contribution in [2.24, 2.45) is 0 Å². The van der Waals surface area contributed by atoms with Gasteiger partial charge in [-0.3, -0.25) is 14.5 Å². The van der Waals surface area contributed by atoms with Crippen LogP contribution in [0.4, 0.5) is 11.4 Å². The molecule has 0 saturated heterocycles. The van der Waals surface area contributed by atoms with Gasteiger partial charge < -0.3 is 10.1 Å². The van der Waals surface area contributed by atoms with E-state index in [1.807, 2.05) is 57.2 Å². The molecule has 2 aromatic carbocycles. The average molecular weight is 450 g/mol. The number of amides is 2. The smallest absolute Gasteiger partial charge is 0.265 e. The Bertz CT molecular complexity index is 1200. The predicted molar refractivity (Wildman–Crippen MR) is 129 cm³/mol. The van der Waals surface area contributed by atoms with E-state index in [0.717, 1.165) is 44.4 Å². The second kappa shape index (κ2) is 8.74. The van der Waals surface area contributed by atoms with E-state index in [2.05, 4.69) is 17.2 Å². The fourth-order valence-electron chi connectivity index (χ4n) is 4.09. The van der Waals surface area contributed by atoms with Gasteiger partial charge in [-0.1, -0.05) is 25.1 Å². The molecule has 0 spiro atoms. The molecule has 1 aliphatic rings. The molecule has 6 nitrogen and oxygen atoms in total. The molecule has 0 fully saturated rings. The van der Waals surface area contributed by atoms with Crippen LogP contribution in [0.1, 0.15) is 34.9 Å². The molecule has 32 heavy (non-hydrogen) atoms. The van der Waals surface area contributed by atoms with Gasteiger partial charge in [-0.15, -0.1) is 11.3 Å². The number of aryl methyl sites for hydroxylation is 4. The SMILES string of the molecule is CCc1cccc(C)c1NC(=O)C(C)N1C(=O)COc2ccc(-c3nc(C)sc3C)cc21. The summed E-state index contributed by atoms with van der Waals surface area (Å²) in [4.78, 5) is 33.4. The Morgan fingerprint density at radius 1 is 1.25 bits per heavy atom. The molecular weight excluding hydrogens is 422 g/mol. The van der Waals surface area contributed by atoms with E-state index in [9.17, 15) is 9.59 Å². The summed E-state index contributed by atoms with van der Waals surface area (Å²) in [5, 5.41) is 4.04. The Labute approximate surface area is 192 Å². The van der Waals surface area contributed by atoms with Gasteiger partial charge in [0.2, 0.25) is 5.91 Å². The van der Waals surface area contributed by atoms with Gasteiger partial charge >= 0.3 is 0 Å². The number of para-hydroxylation sites is 1. The number of carbonyl (C=O) groups is 2. The van der Waals surface area contributed by atoms with Crippen LogP contribution in [-0.4, -0.2) is 29.4 Å². The molecule has 0 bridgehead atoms. The molecule has 0 saturated carbocycles. The maximum absolute atomic E-state index is 13.2. The second-order valence-corrected chi connectivity index (χ2v) is 9.41. The maximum atomic E-state index is 13.2. The number of anilines is 2. The van der Waals surface area contributed by atoms with Crippen molar-refractivity contribution in [2.75, 3.05) is 16.8 Å². The quantitative estimate of drug-likeness (QED) is 0.592. The van der Waals surface area contributed by atoms with Gasteiger partial charge in [0.25, 0.3) is 5.91 Å². The van der Waals surface area contributed by atoms with Crippen molar-refractivity contribution in [3.05, 3.63) is 57.4 Å². The number of nitrogens with one attached hydrogen (secondary N) is 1. The van der Waals surface area contributed by atoms with Crippen molar-refractivity contribution in [2.45, 2.75) is 47.1 Å². The number of carbonyl (C=O) groups excluding carboxylic acids is 2. The van der Waals surface area contributed by atoms with Crippen molar-refractivity contribution in [1.82, 2.24) is 4.98 Å². The second-order valence-electron chi connectivity index (χ2n) is 8.00. The first-order valence-electron chi connectivity index (χ1n) is 10.7. The fraction of sp³-hybridized carbons (Fsp3) is 0.320. The molecule has 2 heterocycles. The minimum Gasteiger partial charge on any atom is -0.482 e. The molecule has 1 unspecified atom stereocenters. The van der Waals surface area contributed by atoms with Crippen molar-refractivity contribution in [1.29, 1.82) is 0 Å². The zero-order chi connectivity index (χ0) is 23.0. The molecule has 1 atom stereocenters. The number of hydrogen-bond acceptors (Lipinski definition) is 5. The van der Waals surface area contributed by atoms with Crippen LogP contribution < -0.4 is 15.0 Å². The average Bonchev–Trinajstić information content (AvgIpc) is 3.12. The van der Waals surface area contributed by atoms with E-state index in [0.29, 0.717) is 11.4 Å². The first-order chi connectivity index (χ1) is 15.3. The molecule has 0 radical (unpaired) electrons. The van der Waals surface area contributed by atoms with Crippen LogP contribution in [0.15, 0.2) is 36.4 Å². The molecule has 0 aliphatic carbocycles. The molecule has 166 valence electrons. The summed E-state index contributed by atoms with van der Waals surface area (Å²) in [5.41, 5.74) is 5.25. The highest BCUT2D eigenvalue weighted by molar-refractivity contribution is 7.11. The Morgan fingerprint density at radius 2 is 2.03 bits per heavy atom. The first-order valence-corrected chi connectivity index (χ1v) is 11.5. The lowest BCUT2D eigenvalue weighted by molar-refractivity contribution is -0.125. The van der Waals surface area contributed by atoms with Crippen LogP contribution in [0.5, 0.6) is 5.75 Å². The number of benzene rings is 2. The van der Waals surface area contributed by atoms with Gasteiger partial charge in [-0.2, -0.15) is 0 Å². The number of fused-ring (bicyclic) bond motifs is 1. The minimum atomic E-state index is -0.706. The van der Waals surface area contributed by atoms with Crippen molar-refractivity contribution >= 4 is 34.5 Å². The maximum Gasteiger partial charge on any atom is 0.265 e.